The van der Waals surface area contributed by atoms with Crippen LogP contribution in [0.3, 0.4) is 0 Å². The zero-order valence-electron chi connectivity index (χ0n) is 12.6. The first kappa shape index (κ1) is 15.1. The van der Waals surface area contributed by atoms with Crippen LogP contribution < -0.4 is 4.74 Å². The van der Waals surface area contributed by atoms with Crippen molar-refractivity contribution in [1.29, 1.82) is 0 Å². The molecule has 3 nitrogen and oxygen atoms in total. The van der Waals surface area contributed by atoms with E-state index in [1.165, 1.54) is 5.56 Å². The maximum atomic E-state index is 11.4. The minimum absolute atomic E-state index is 0.547. The summed E-state index contributed by atoms with van der Waals surface area (Å²) in [5, 5.41) is 0. The normalized spacial score (nSPS) is 17.1. The van der Waals surface area contributed by atoms with Gasteiger partial charge in [0.25, 0.3) is 0 Å². The summed E-state index contributed by atoms with van der Waals surface area (Å²) in [5.74, 6) is 0.832. The zero-order chi connectivity index (χ0) is 15.4. The number of ether oxygens (including phenoxy) is 1. The highest BCUT2D eigenvalue weighted by atomic mass is 32.2. The van der Waals surface area contributed by atoms with Gasteiger partial charge in [-0.2, -0.15) is 0 Å². The van der Waals surface area contributed by atoms with Gasteiger partial charge < -0.3 is 9.29 Å². The van der Waals surface area contributed by atoms with Crippen molar-refractivity contribution in [3.05, 3.63) is 65.2 Å². The van der Waals surface area contributed by atoms with E-state index < -0.39 is 11.4 Å². The summed E-state index contributed by atoms with van der Waals surface area (Å²) in [6.45, 7) is 0.547. The van der Waals surface area contributed by atoms with Crippen molar-refractivity contribution in [2.45, 2.75) is 25.9 Å². The molecule has 0 saturated heterocycles. The molecule has 0 unspecified atom stereocenters. The molecule has 0 aliphatic heterocycles. The van der Waals surface area contributed by atoms with Crippen LogP contribution in [0.4, 0.5) is 0 Å². The highest BCUT2D eigenvalue weighted by Crippen LogP contribution is 2.27. The van der Waals surface area contributed by atoms with Crippen LogP contribution in [-0.2, 0) is 24.4 Å². The summed E-state index contributed by atoms with van der Waals surface area (Å²) >= 11 is -1.16. The molecule has 0 fully saturated rings. The first-order chi connectivity index (χ1) is 10.7. The third-order valence-electron chi connectivity index (χ3n) is 3.74. The molecule has 0 N–H and O–H groups in total. The molecule has 1 aliphatic carbocycles. The number of rotatable bonds is 4. The van der Waals surface area contributed by atoms with Gasteiger partial charge in [-0.1, -0.05) is 40.8 Å². The van der Waals surface area contributed by atoms with Crippen molar-refractivity contribution in [3.8, 4) is 5.75 Å². The largest absolute Gasteiger partial charge is 0.591 e. The standard InChI is InChI=1S/C18H19NO2S/c1-22(20)19-18-9-5-8-15-10-11-16(12-17(15)18)21-13-14-6-3-2-4-7-14/h2-4,6-7,10-12H,5,8-9,13H2,1H3/b19-18+/t22-/m0/s1. The lowest BCUT2D eigenvalue weighted by molar-refractivity contribution is 0.306. The first-order valence-corrected chi connectivity index (χ1v) is 8.95. The van der Waals surface area contributed by atoms with Gasteiger partial charge in [-0.25, -0.2) is 0 Å². The second-order valence-corrected chi connectivity index (χ2v) is 6.44. The number of fused-ring (bicyclic) bond motifs is 1. The maximum absolute atomic E-state index is 11.4. The minimum atomic E-state index is -1.16. The number of nitrogens with zero attached hydrogens (tertiary/aromatic N) is 1. The topological polar surface area (TPSA) is 44.7 Å². The second-order valence-electron chi connectivity index (χ2n) is 5.41. The molecule has 2 aromatic carbocycles. The minimum Gasteiger partial charge on any atom is -0.591 e. The van der Waals surface area contributed by atoms with Crippen molar-refractivity contribution in [3.63, 3.8) is 0 Å². The van der Waals surface area contributed by atoms with Crippen LogP contribution in [0.15, 0.2) is 52.9 Å². The van der Waals surface area contributed by atoms with Crippen LogP contribution in [0.25, 0.3) is 0 Å². The average molecular weight is 313 g/mol. The number of aryl methyl sites for hydroxylation is 1. The molecular formula is C18H19NO2S. The summed E-state index contributed by atoms with van der Waals surface area (Å²) in [6.07, 6.45) is 4.60. The third kappa shape index (κ3) is 3.70. The summed E-state index contributed by atoms with van der Waals surface area (Å²) in [5.41, 5.74) is 4.44. The molecule has 0 aromatic heterocycles. The Kier molecular flexibility index (Phi) is 4.80. The zero-order valence-corrected chi connectivity index (χ0v) is 13.4. The molecule has 2 aromatic rings. The molecule has 0 bridgehead atoms. The summed E-state index contributed by atoms with van der Waals surface area (Å²) < 4.78 is 21.6. The number of benzene rings is 2. The van der Waals surface area contributed by atoms with Gasteiger partial charge in [-0.15, -0.1) is 0 Å². The molecule has 114 valence electrons. The predicted octanol–water partition coefficient (Wildman–Crippen LogP) is 3.68. The first-order valence-electron chi connectivity index (χ1n) is 7.43. The molecule has 0 spiro atoms. The summed E-state index contributed by atoms with van der Waals surface area (Å²) in [7, 11) is 0. The molecule has 22 heavy (non-hydrogen) atoms. The van der Waals surface area contributed by atoms with Crippen molar-refractivity contribution >= 4 is 17.1 Å². The Bertz CT molecular complexity index is 668. The fourth-order valence-electron chi connectivity index (χ4n) is 2.70. The number of hydrogen-bond acceptors (Lipinski definition) is 3. The van der Waals surface area contributed by atoms with Crippen LogP contribution in [0, 0.1) is 0 Å². The molecule has 3 rings (SSSR count). The van der Waals surface area contributed by atoms with E-state index in [4.69, 9.17) is 4.74 Å². The smallest absolute Gasteiger partial charge is 0.123 e. The SMILES string of the molecule is C[S@+]([O-])/N=C1\CCCc2ccc(OCc3ccccc3)cc21. The molecule has 0 saturated carbocycles. The van der Waals surface area contributed by atoms with E-state index in [1.807, 2.05) is 42.5 Å². The monoisotopic (exact) mass is 313 g/mol. The van der Waals surface area contributed by atoms with E-state index in [1.54, 1.807) is 6.26 Å². The third-order valence-corrected chi connectivity index (χ3v) is 4.22. The molecule has 4 heteroatoms. The lowest BCUT2D eigenvalue weighted by atomic mass is 9.90. The molecule has 0 amide bonds. The van der Waals surface area contributed by atoms with E-state index in [-0.39, 0.29) is 0 Å². The van der Waals surface area contributed by atoms with Crippen molar-refractivity contribution in [2.75, 3.05) is 6.26 Å². The summed E-state index contributed by atoms with van der Waals surface area (Å²) in [6, 6.07) is 16.2. The maximum Gasteiger partial charge on any atom is 0.123 e. The Morgan fingerprint density at radius 2 is 1.95 bits per heavy atom. The van der Waals surface area contributed by atoms with Crippen LogP contribution in [0.1, 0.15) is 29.5 Å². The quantitative estimate of drug-likeness (QED) is 0.808. The van der Waals surface area contributed by atoms with Crippen LogP contribution in [0.2, 0.25) is 0 Å². The van der Waals surface area contributed by atoms with E-state index in [0.717, 1.165) is 41.9 Å². The lowest BCUT2D eigenvalue weighted by Gasteiger charge is -2.18. The van der Waals surface area contributed by atoms with Gasteiger partial charge in [-0.05, 0) is 42.5 Å². The van der Waals surface area contributed by atoms with Crippen molar-refractivity contribution in [2.24, 2.45) is 4.40 Å². The Morgan fingerprint density at radius 1 is 1.14 bits per heavy atom. The lowest BCUT2D eigenvalue weighted by Crippen LogP contribution is -2.14. The van der Waals surface area contributed by atoms with Gasteiger partial charge in [0, 0.05) is 5.56 Å². The van der Waals surface area contributed by atoms with Gasteiger partial charge in [0.15, 0.2) is 0 Å². The van der Waals surface area contributed by atoms with Crippen LogP contribution >= 0.6 is 0 Å². The van der Waals surface area contributed by atoms with Crippen molar-refractivity contribution in [1.82, 2.24) is 0 Å². The van der Waals surface area contributed by atoms with Crippen LogP contribution in [-0.4, -0.2) is 16.5 Å². The van der Waals surface area contributed by atoms with Gasteiger partial charge >= 0.3 is 0 Å². The van der Waals surface area contributed by atoms with Gasteiger partial charge in [0.2, 0.25) is 0 Å². The Morgan fingerprint density at radius 3 is 2.73 bits per heavy atom. The highest BCUT2D eigenvalue weighted by molar-refractivity contribution is 7.89. The average Bonchev–Trinajstić information content (AvgIpc) is 2.54. The molecule has 1 atom stereocenters. The van der Waals surface area contributed by atoms with Crippen molar-refractivity contribution < 1.29 is 9.29 Å². The van der Waals surface area contributed by atoms with Crippen LogP contribution in [0.5, 0.6) is 5.75 Å². The highest BCUT2D eigenvalue weighted by Gasteiger charge is 2.18. The van der Waals surface area contributed by atoms with Gasteiger partial charge in [0.1, 0.15) is 18.6 Å². The van der Waals surface area contributed by atoms with E-state index in [2.05, 4.69) is 10.5 Å². The van der Waals surface area contributed by atoms with E-state index in [0.29, 0.717) is 6.61 Å². The fraction of sp³-hybridized carbons (Fsp3) is 0.278. The Hall–Kier alpha value is -1.78. The van der Waals surface area contributed by atoms with E-state index >= 15 is 0 Å². The predicted molar refractivity (Wildman–Crippen MR) is 90.8 cm³/mol. The number of hydrogen-bond donors (Lipinski definition) is 0. The fourth-order valence-corrected chi connectivity index (χ4v) is 3.20. The Labute approximate surface area is 134 Å². The summed E-state index contributed by atoms with van der Waals surface area (Å²) in [4.78, 5) is 0. The molecule has 1 aliphatic rings. The van der Waals surface area contributed by atoms with Gasteiger partial charge in [-0.3, -0.25) is 0 Å². The molecular weight excluding hydrogens is 294 g/mol. The second kappa shape index (κ2) is 6.99. The van der Waals surface area contributed by atoms with Gasteiger partial charge in [0.05, 0.1) is 17.1 Å². The van der Waals surface area contributed by atoms with E-state index in [9.17, 15) is 4.55 Å². The molecule has 0 heterocycles. The molecule has 0 radical (unpaired) electrons. The Balaban J connectivity index is 1.80.